The zero-order valence-corrected chi connectivity index (χ0v) is 13.1. The van der Waals surface area contributed by atoms with Gasteiger partial charge in [0.05, 0.1) is 18.7 Å². The molecule has 0 aromatic heterocycles. The highest BCUT2D eigenvalue weighted by Crippen LogP contribution is 2.35. The Morgan fingerprint density at radius 1 is 1.24 bits per heavy atom. The Kier molecular flexibility index (Phi) is 3.68. The second-order valence-electron chi connectivity index (χ2n) is 5.04. The van der Waals surface area contributed by atoms with Crippen molar-refractivity contribution < 1.29 is 14.3 Å². The van der Waals surface area contributed by atoms with E-state index in [1.807, 2.05) is 36.4 Å². The molecule has 1 aliphatic rings. The number of fused-ring (bicyclic) bond motifs is 1. The second kappa shape index (κ2) is 5.48. The van der Waals surface area contributed by atoms with E-state index in [2.05, 4.69) is 15.9 Å². The molecule has 3 rings (SSSR count). The van der Waals surface area contributed by atoms with Crippen molar-refractivity contribution in [2.45, 2.75) is 6.42 Å². The molecule has 1 amide bonds. The third-order valence-electron chi connectivity index (χ3n) is 3.80. The van der Waals surface area contributed by atoms with Crippen molar-refractivity contribution in [3.05, 3.63) is 40.9 Å². The molecule has 0 aliphatic carbocycles. The summed E-state index contributed by atoms with van der Waals surface area (Å²) in [6.45, 7) is 0.372. The number of halogens is 1. The van der Waals surface area contributed by atoms with Gasteiger partial charge in [-0.25, -0.2) is 0 Å². The summed E-state index contributed by atoms with van der Waals surface area (Å²) in [6.07, 6.45) is 0.205. The highest BCUT2D eigenvalue weighted by molar-refractivity contribution is 9.10. The maximum absolute atomic E-state index is 12.2. The van der Waals surface area contributed by atoms with E-state index >= 15 is 0 Å². The number of amides is 1. The summed E-state index contributed by atoms with van der Waals surface area (Å²) in [4.78, 5) is 25.6. The molecule has 4 nitrogen and oxygen atoms in total. The number of anilines is 1. The number of esters is 1. The largest absolute Gasteiger partial charge is 0.469 e. The number of methoxy groups -OCH3 is 1. The van der Waals surface area contributed by atoms with Crippen LogP contribution in [0.2, 0.25) is 0 Å². The van der Waals surface area contributed by atoms with Crippen molar-refractivity contribution in [2.24, 2.45) is 5.92 Å². The van der Waals surface area contributed by atoms with Gasteiger partial charge in [0.2, 0.25) is 5.91 Å². The van der Waals surface area contributed by atoms with E-state index in [0.29, 0.717) is 6.54 Å². The Balaban J connectivity index is 2.04. The molecule has 2 aromatic rings. The van der Waals surface area contributed by atoms with Crippen molar-refractivity contribution in [1.82, 2.24) is 0 Å². The number of rotatable bonds is 2. The zero-order valence-electron chi connectivity index (χ0n) is 11.5. The summed E-state index contributed by atoms with van der Waals surface area (Å²) < 4.78 is 5.73. The van der Waals surface area contributed by atoms with Crippen LogP contribution >= 0.6 is 15.9 Å². The van der Waals surface area contributed by atoms with Crippen LogP contribution in [0.5, 0.6) is 0 Å². The predicted octanol–water partition coefficient (Wildman–Crippen LogP) is 3.13. The Morgan fingerprint density at radius 3 is 2.67 bits per heavy atom. The van der Waals surface area contributed by atoms with Crippen molar-refractivity contribution in [3.63, 3.8) is 0 Å². The zero-order chi connectivity index (χ0) is 15.0. The van der Waals surface area contributed by atoms with Crippen molar-refractivity contribution in [2.75, 3.05) is 18.6 Å². The summed E-state index contributed by atoms with van der Waals surface area (Å²) in [5, 5.41) is 2.04. The smallest absolute Gasteiger partial charge is 0.311 e. The molecule has 0 N–H and O–H groups in total. The summed E-state index contributed by atoms with van der Waals surface area (Å²) in [6, 6.07) is 11.7. The average molecular weight is 348 g/mol. The van der Waals surface area contributed by atoms with E-state index in [1.165, 1.54) is 7.11 Å². The lowest BCUT2D eigenvalue weighted by Crippen LogP contribution is -2.26. The molecule has 1 atom stereocenters. The van der Waals surface area contributed by atoms with Crippen LogP contribution in [0.1, 0.15) is 6.42 Å². The topological polar surface area (TPSA) is 46.6 Å². The van der Waals surface area contributed by atoms with E-state index in [0.717, 1.165) is 20.9 Å². The van der Waals surface area contributed by atoms with Crippen LogP contribution in [-0.2, 0) is 14.3 Å². The minimum Gasteiger partial charge on any atom is -0.469 e. The number of ether oxygens (including phenoxy) is 1. The van der Waals surface area contributed by atoms with Crippen LogP contribution < -0.4 is 4.90 Å². The van der Waals surface area contributed by atoms with Gasteiger partial charge in [-0.05, 0) is 17.5 Å². The van der Waals surface area contributed by atoms with Gasteiger partial charge in [0.1, 0.15) is 0 Å². The average Bonchev–Trinajstić information content (AvgIpc) is 2.89. The Labute approximate surface area is 130 Å². The summed E-state index contributed by atoms with van der Waals surface area (Å²) in [5.41, 5.74) is 0.838. The molecule has 21 heavy (non-hydrogen) atoms. The van der Waals surface area contributed by atoms with Gasteiger partial charge >= 0.3 is 5.97 Å². The van der Waals surface area contributed by atoms with Crippen LogP contribution in [0.15, 0.2) is 40.9 Å². The van der Waals surface area contributed by atoms with E-state index in [-0.39, 0.29) is 24.2 Å². The second-order valence-corrected chi connectivity index (χ2v) is 5.89. The molecule has 108 valence electrons. The van der Waals surface area contributed by atoms with Gasteiger partial charge < -0.3 is 9.64 Å². The number of carbonyl (C=O) groups excluding carboxylic acids is 2. The number of hydrogen-bond donors (Lipinski definition) is 0. The van der Waals surface area contributed by atoms with Crippen molar-refractivity contribution in [3.8, 4) is 0 Å². The van der Waals surface area contributed by atoms with Crippen molar-refractivity contribution >= 4 is 44.3 Å². The summed E-state index contributed by atoms with van der Waals surface area (Å²) >= 11 is 3.52. The third kappa shape index (κ3) is 2.42. The number of carbonyl (C=O) groups is 2. The Bertz CT molecular complexity index is 729. The molecule has 5 heteroatoms. The van der Waals surface area contributed by atoms with Crippen LogP contribution in [-0.4, -0.2) is 25.5 Å². The SMILES string of the molecule is COC(=O)C1CC(=O)N(c2ccc(Br)c3ccccc23)C1. The molecule has 1 aliphatic heterocycles. The lowest BCUT2D eigenvalue weighted by Gasteiger charge is -2.19. The molecule has 1 heterocycles. The Hall–Kier alpha value is -1.88. The summed E-state index contributed by atoms with van der Waals surface area (Å²) in [7, 11) is 1.35. The fraction of sp³-hybridized carbons (Fsp3) is 0.250. The molecule has 1 fully saturated rings. The van der Waals surface area contributed by atoms with Gasteiger partial charge in [-0.3, -0.25) is 9.59 Å². The fourth-order valence-corrected chi connectivity index (χ4v) is 3.22. The van der Waals surface area contributed by atoms with Crippen LogP contribution in [0.25, 0.3) is 10.8 Å². The molecule has 1 unspecified atom stereocenters. The number of nitrogens with zero attached hydrogens (tertiary/aromatic N) is 1. The maximum atomic E-state index is 12.2. The van der Waals surface area contributed by atoms with Crippen LogP contribution in [0.4, 0.5) is 5.69 Å². The fourth-order valence-electron chi connectivity index (χ4n) is 2.75. The molecule has 0 saturated carbocycles. The molecule has 1 saturated heterocycles. The Morgan fingerprint density at radius 2 is 1.95 bits per heavy atom. The first-order chi connectivity index (χ1) is 10.1. The number of benzene rings is 2. The lowest BCUT2D eigenvalue weighted by molar-refractivity contribution is -0.145. The van der Waals surface area contributed by atoms with E-state index in [4.69, 9.17) is 4.74 Å². The van der Waals surface area contributed by atoms with Gasteiger partial charge in [0.15, 0.2) is 0 Å². The molecular weight excluding hydrogens is 334 g/mol. The van der Waals surface area contributed by atoms with E-state index < -0.39 is 0 Å². The van der Waals surface area contributed by atoms with Crippen LogP contribution in [0, 0.1) is 5.92 Å². The summed E-state index contributed by atoms with van der Waals surface area (Å²) in [5.74, 6) is -0.755. The highest BCUT2D eigenvalue weighted by Gasteiger charge is 2.36. The maximum Gasteiger partial charge on any atom is 0.311 e. The van der Waals surface area contributed by atoms with Gasteiger partial charge in [-0.1, -0.05) is 40.2 Å². The van der Waals surface area contributed by atoms with Gasteiger partial charge in [-0.2, -0.15) is 0 Å². The van der Waals surface area contributed by atoms with E-state index in [1.54, 1.807) is 4.90 Å². The first-order valence-corrected chi connectivity index (χ1v) is 7.46. The molecule has 2 aromatic carbocycles. The minimum atomic E-state index is -0.384. The van der Waals surface area contributed by atoms with E-state index in [9.17, 15) is 9.59 Å². The molecule has 0 radical (unpaired) electrons. The van der Waals surface area contributed by atoms with Gasteiger partial charge in [-0.15, -0.1) is 0 Å². The van der Waals surface area contributed by atoms with Gasteiger partial charge in [0.25, 0.3) is 0 Å². The quantitative estimate of drug-likeness (QED) is 0.784. The normalized spacial score (nSPS) is 18.3. The van der Waals surface area contributed by atoms with Gasteiger partial charge in [0, 0.05) is 22.8 Å². The molecule has 0 spiro atoms. The highest BCUT2D eigenvalue weighted by atomic mass is 79.9. The standard InChI is InChI=1S/C16H14BrNO3/c1-21-16(20)10-8-15(19)18(9-10)14-7-6-13(17)11-4-2-3-5-12(11)14/h2-7,10H,8-9H2,1H3. The minimum absolute atomic E-state index is 0.0436. The van der Waals surface area contributed by atoms with Crippen LogP contribution in [0.3, 0.4) is 0 Å². The third-order valence-corrected chi connectivity index (χ3v) is 4.49. The number of hydrogen-bond acceptors (Lipinski definition) is 3. The first-order valence-electron chi connectivity index (χ1n) is 6.67. The monoisotopic (exact) mass is 347 g/mol. The predicted molar refractivity (Wildman–Crippen MR) is 84.1 cm³/mol. The molecule has 0 bridgehead atoms. The first kappa shape index (κ1) is 14.1. The van der Waals surface area contributed by atoms with Crippen molar-refractivity contribution in [1.29, 1.82) is 0 Å². The molecular formula is C16H14BrNO3. The lowest BCUT2D eigenvalue weighted by atomic mass is 10.1.